The van der Waals surface area contributed by atoms with Crippen LogP contribution in [0.15, 0.2) is 18.2 Å². The maximum atomic E-state index is 11.9. The molecule has 4 heteroatoms. The van der Waals surface area contributed by atoms with E-state index in [2.05, 4.69) is 12.2 Å². The number of phenolic OH excluding ortho intramolecular Hbond substituents is 1. The van der Waals surface area contributed by atoms with Gasteiger partial charge in [-0.05, 0) is 56.0 Å². The van der Waals surface area contributed by atoms with Gasteiger partial charge in [0.05, 0.1) is 0 Å². The smallest absolute Gasteiger partial charge is 0.251 e. The molecule has 18 heavy (non-hydrogen) atoms. The summed E-state index contributed by atoms with van der Waals surface area (Å²) in [4.78, 5) is 11.9. The van der Waals surface area contributed by atoms with Crippen LogP contribution in [-0.4, -0.2) is 24.1 Å². The van der Waals surface area contributed by atoms with Gasteiger partial charge in [-0.15, -0.1) is 0 Å². The van der Waals surface area contributed by atoms with Crippen LogP contribution in [0.25, 0.3) is 0 Å². The Labute approximate surface area is 108 Å². The first-order valence-electron chi connectivity index (χ1n) is 6.32. The van der Waals surface area contributed by atoms with Gasteiger partial charge in [-0.1, -0.05) is 6.92 Å². The number of carbonyl (C=O) groups is 1. The van der Waals surface area contributed by atoms with Gasteiger partial charge in [0.15, 0.2) is 0 Å². The maximum Gasteiger partial charge on any atom is 0.251 e. The minimum atomic E-state index is -0.0899. The van der Waals surface area contributed by atoms with E-state index in [4.69, 9.17) is 5.73 Å². The fraction of sp³-hybridized carbons (Fsp3) is 0.500. The van der Waals surface area contributed by atoms with E-state index >= 15 is 0 Å². The molecule has 0 aliphatic rings. The highest BCUT2D eigenvalue weighted by atomic mass is 16.3. The van der Waals surface area contributed by atoms with Gasteiger partial charge in [0, 0.05) is 12.1 Å². The highest BCUT2D eigenvalue weighted by molar-refractivity contribution is 5.95. The minimum absolute atomic E-state index is 0.0899. The third kappa shape index (κ3) is 4.37. The Morgan fingerprint density at radius 2 is 2.22 bits per heavy atom. The van der Waals surface area contributed by atoms with E-state index in [1.54, 1.807) is 12.1 Å². The van der Waals surface area contributed by atoms with Crippen molar-refractivity contribution in [3.63, 3.8) is 0 Å². The number of hydrogen-bond acceptors (Lipinski definition) is 3. The number of nitrogens with two attached hydrogens (primary N) is 1. The summed E-state index contributed by atoms with van der Waals surface area (Å²) in [5, 5.41) is 12.2. The molecule has 0 saturated heterocycles. The van der Waals surface area contributed by atoms with Crippen molar-refractivity contribution in [3.8, 4) is 5.75 Å². The Morgan fingerprint density at radius 3 is 2.83 bits per heavy atom. The standard InChI is InChI=1S/C14H22N2O2/c1-10(9-15)4-3-7-16-14(18)13-6-5-12(17)8-11(13)2/h5-6,8,10,17H,3-4,7,9,15H2,1-2H3,(H,16,18). The molecule has 0 radical (unpaired) electrons. The summed E-state index contributed by atoms with van der Waals surface area (Å²) in [5.41, 5.74) is 6.92. The molecule has 0 saturated carbocycles. The molecule has 1 unspecified atom stereocenters. The molecule has 1 aromatic carbocycles. The summed E-state index contributed by atoms with van der Waals surface area (Å²) in [6.45, 7) is 5.26. The second-order valence-electron chi connectivity index (χ2n) is 4.74. The monoisotopic (exact) mass is 250 g/mol. The number of carbonyl (C=O) groups excluding carboxylic acids is 1. The molecule has 1 amide bonds. The molecule has 0 aliphatic carbocycles. The first-order chi connectivity index (χ1) is 8.54. The Balaban J connectivity index is 2.41. The summed E-state index contributed by atoms with van der Waals surface area (Å²) < 4.78 is 0. The van der Waals surface area contributed by atoms with Crippen LogP contribution in [0, 0.1) is 12.8 Å². The molecule has 0 spiro atoms. The first kappa shape index (κ1) is 14.5. The van der Waals surface area contributed by atoms with Crippen LogP contribution in [0.5, 0.6) is 5.75 Å². The summed E-state index contributed by atoms with van der Waals surface area (Å²) in [6, 6.07) is 4.76. The molecule has 4 nitrogen and oxygen atoms in total. The van der Waals surface area contributed by atoms with Crippen LogP contribution in [0.2, 0.25) is 0 Å². The van der Waals surface area contributed by atoms with Crippen LogP contribution in [0.1, 0.15) is 35.7 Å². The van der Waals surface area contributed by atoms with Crippen molar-refractivity contribution in [2.24, 2.45) is 11.7 Å². The SMILES string of the molecule is Cc1cc(O)ccc1C(=O)NCCCC(C)CN. The zero-order chi connectivity index (χ0) is 13.5. The molecular weight excluding hydrogens is 228 g/mol. The third-order valence-corrected chi connectivity index (χ3v) is 3.02. The molecule has 1 atom stereocenters. The molecule has 0 aliphatic heterocycles. The normalized spacial score (nSPS) is 12.2. The summed E-state index contributed by atoms with van der Waals surface area (Å²) in [7, 11) is 0. The van der Waals surface area contributed by atoms with E-state index in [0.29, 0.717) is 24.6 Å². The minimum Gasteiger partial charge on any atom is -0.508 e. The quantitative estimate of drug-likeness (QED) is 0.674. The Kier molecular flexibility index (Phi) is 5.65. The van der Waals surface area contributed by atoms with Crippen LogP contribution in [-0.2, 0) is 0 Å². The summed E-state index contributed by atoms with van der Waals surface area (Å²) in [6.07, 6.45) is 1.95. The highest BCUT2D eigenvalue weighted by Gasteiger charge is 2.08. The number of amides is 1. The predicted octanol–water partition coefficient (Wildman–Crippen LogP) is 1.81. The summed E-state index contributed by atoms with van der Waals surface area (Å²) in [5.74, 6) is 0.589. The lowest BCUT2D eigenvalue weighted by Crippen LogP contribution is -2.25. The van der Waals surface area contributed by atoms with Gasteiger partial charge in [0.25, 0.3) is 5.91 Å². The topological polar surface area (TPSA) is 75.3 Å². The highest BCUT2D eigenvalue weighted by Crippen LogP contribution is 2.15. The molecule has 1 aromatic rings. The van der Waals surface area contributed by atoms with Gasteiger partial charge >= 0.3 is 0 Å². The number of nitrogens with one attached hydrogen (secondary N) is 1. The van der Waals surface area contributed by atoms with Gasteiger partial charge in [0.1, 0.15) is 5.75 Å². The molecule has 0 heterocycles. The second kappa shape index (κ2) is 7.01. The van der Waals surface area contributed by atoms with Gasteiger partial charge in [0.2, 0.25) is 0 Å². The lowest BCUT2D eigenvalue weighted by atomic mass is 10.1. The molecule has 0 fully saturated rings. The Bertz CT molecular complexity index is 405. The van der Waals surface area contributed by atoms with Gasteiger partial charge in [-0.2, -0.15) is 0 Å². The number of phenols is 1. The van der Waals surface area contributed by atoms with Gasteiger partial charge in [-0.3, -0.25) is 4.79 Å². The number of aryl methyl sites for hydroxylation is 1. The maximum absolute atomic E-state index is 11.9. The number of rotatable bonds is 6. The van der Waals surface area contributed by atoms with Crippen molar-refractivity contribution in [2.75, 3.05) is 13.1 Å². The van der Waals surface area contributed by atoms with Crippen LogP contribution >= 0.6 is 0 Å². The predicted molar refractivity (Wildman–Crippen MR) is 72.6 cm³/mol. The van der Waals surface area contributed by atoms with Crippen molar-refractivity contribution < 1.29 is 9.90 Å². The molecule has 1 rings (SSSR count). The van der Waals surface area contributed by atoms with E-state index < -0.39 is 0 Å². The van der Waals surface area contributed by atoms with Crippen molar-refractivity contribution in [1.82, 2.24) is 5.32 Å². The van der Waals surface area contributed by atoms with Gasteiger partial charge in [-0.25, -0.2) is 0 Å². The molecular formula is C14H22N2O2. The van der Waals surface area contributed by atoms with Crippen molar-refractivity contribution in [1.29, 1.82) is 0 Å². The molecule has 0 bridgehead atoms. The van der Waals surface area contributed by atoms with E-state index in [1.807, 2.05) is 6.92 Å². The molecule has 100 valence electrons. The summed E-state index contributed by atoms with van der Waals surface area (Å²) >= 11 is 0. The van der Waals surface area contributed by atoms with Crippen molar-refractivity contribution in [3.05, 3.63) is 29.3 Å². The Hall–Kier alpha value is -1.55. The average molecular weight is 250 g/mol. The third-order valence-electron chi connectivity index (χ3n) is 3.02. The molecule has 4 N–H and O–H groups in total. The average Bonchev–Trinajstić information content (AvgIpc) is 2.34. The lowest BCUT2D eigenvalue weighted by molar-refractivity contribution is 0.0952. The van der Waals surface area contributed by atoms with Crippen LogP contribution in [0.3, 0.4) is 0 Å². The van der Waals surface area contributed by atoms with Crippen molar-refractivity contribution >= 4 is 5.91 Å². The zero-order valence-electron chi connectivity index (χ0n) is 11.1. The number of benzene rings is 1. The lowest BCUT2D eigenvalue weighted by Gasteiger charge is -2.10. The van der Waals surface area contributed by atoms with E-state index in [9.17, 15) is 9.90 Å². The largest absolute Gasteiger partial charge is 0.508 e. The van der Waals surface area contributed by atoms with Gasteiger partial charge < -0.3 is 16.2 Å². The van der Waals surface area contributed by atoms with E-state index in [1.165, 1.54) is 6.07 Å². The second-order valence-corrected chi connectivity index (χ2v) is 4.74. The fourth-order valence-corrected chi connectivity index (χ4v) is 1.77. The van der Waals surface area contributed by atoms with E-state index in [0.717, 1.165) is 18.4 Å². The van der Waals surface area contributed by atoms with E-state index in [-0.39, 0.29) is 11.7 Å². The fourth-order valence-electron chi connectivity index (χ4n) is 1.77. The number of aromatic hydroxyl groups is 1. The number of hydrogen-bond donors (Lipinski definition) is 3. The first-order valence-corrected chi connectivity index (χ1v) is 6.32. The Morgan fingerprint density at radius 1 is 1.50 bits per heavy atom. The van der Waals surface area contributed by atoms with Crippen LogP contribution < -0.4 is 11.1 Å². The molecule has 0 aromatic heterocycles. The zero-order valence-corrected chi connectivity index (χ0v) is 11.1. The van der Waals surface area contributed by atoms with Crippen molar-refractivity contribution in [2.45, 2.75) is 26.7 Å². The van der Waals surface area contributed by atoms with Crippen LogP contribution in [0.4, 0.5) is 0 Å².